The fourth-order valence-electron chi connectivity index (χ4n) is 3.82. The van der Waals surface area contributed by atoms with Gasteiger partial charge in [0.05, 0.1) is 0 Å². The van der Waals surface area contributed by atoms with Gasteiger partial charge in [0.25, 0.3) is 0 Å². The van der Waals surface area contributed by atoms with E-state index in [0.717, 1.165) is 22.2 Å². The van der Waals surface area contributed by atoms with Crippen LogP contribution in [0, 0.1) is 0 Å². The Labute approximate surface area is 203 Å². The van der Waals surface area contributed by atoms with Crippen molar-refractivity contribution in [1.29, 1.82) is 0 Å². The molecule has 35 heavy (non-hydrogen) atoms. The number of H-pyrrole nitrogens is 1. The Morgan fingerprint density at radius 1 is 1.11 bits per heavy atom. The van der Waals surface area contributed by atoms with E-state index < -0.39 is 12.1 Å². The highest BCUT2D eigenvalue weighted by molar-refractivity contribution is 5.90. The summed E-state index contributed by atoms with van der Waals surface area (Å²) in [7, 11) is 0. The molecule has 2 aromatic heterocycles. The van der Waals surface area contributed by atoms with Crippen LogP contribution >= 0.6 is 0 Å². The number of nitrogens with zero attached hydrogens (tertiary/aromatic N) is 1. The van der Waals surface area contributed by atoms with Crippen LogP contribution in [0.25, 0.3) is 10.9 Å². The molecule has 1 atom stereocenters. The van der Waals surface area contributed by atoms with Crippen molar-refractivity contribution in [3.05, 3.63) is 84.2 Å². The molecule has 182 valence electrons. The number of β-amino-alcohol motifs (C(OH)–C–C–N with tert-alkyl or cyclic N) is 1. The average molecular weight is 476 g/mol. The van der Waals surface area contributed by atoms with Crippen molar-refractivity contribution in [2.24, 2.45) is 0 Å². The zero-order valence-electron chi connectivity index (χ0n) is 19.7. The highest BCUT2D eigenvalue weighted by Gasteiger charge is 2.20. The second-order valence-corrected chi connectivity index (χ2v) is 9.01. The van der Waals surface area contributed by atoms with Gasteiger partial charge in [0.1, 0.15) is 29.8 Å². The van der Waals surface area contributed by atoms with Crippen molar-refractivity contribution in [3.63, 3.8) is 0 Å². The van der Waals surface area contributed by atoms with Gasteiger partial charge in [0.2, 0.25) is 5.88 Å². The van der Waals surface area contributed by atoms with Gasteiger partial charge in [0.15, 0.2) is 0 Å². The Kier molecular flexibility index (Phi) is 7.33. The number of carboxylic acid groups (broad SMARTS) is 1. The second-order valence-electron chi connectivity index (χ2n) is 9.01. The number of fused-ring (bicyclic) bond motifs is 1. The van der Waals surface area contributed by atoms with Crippen LogP contribution in [0.1, 0.15) is 29.8 Å². The fourth-order valence-corrected chi connectivity index (χ4v) is 3.82. The smallest absolute Gasteiger partial charge is 0.341 e. The van der Waals surface area contributed by atoms with Crippen LogP contribution in [-0.4, -0.2) is 50.9 Å². The zero-order chi connectivity index (χ0) is 24.8. The van der Waals surface area contributed by atoms with Gasteiger partial charge in [-0.3, -0.25) is 0 Å². The Morgan fingerprint density at radius 3 is 2.69 bits per heavy atom. The number of carbonyl (C=O) groups is 1. The minimum Gasteiger partial charge on any atom is -0.490 e. The number of hydrogen-bond acceptors (Lipinski definition) is 6. The number of pyridine rings is 1. The van der Waals surface area contributed by atoms with Crippen molar-refractivity contribution in [2.45, 2.75) is 31.9 Å². The number of aromatic amines is 1. The van der Waals surface area contributed by atoms with Crippen molar-refractivity contribution in [1.82, 2.24) is 15.3 Å². The van der Waals surface area contributed by atoms with Crippen LogP contribution in [0.4, 0.5) is 0 Å². The maximum atomic E-state index is 11.3. The van der Waals surface area contributed by atoms with Gasteiger partial charge in [-0.25, -0.2) is 9.78 Å². The van der Waals surface area contributed by atoms with E-state index >= 15 is 0 Å². The minimum absolute atomic E-state index is 0.00855. The van der Waals surface area contributed by atoms with Crippen molar-refractivity contribution in [3.8, 4) is 17.4 Å². The Bertz CT molecular complexity index is 1280. The third kappa shape index (κ3) is 6.38. The van der Waals surface area contributed by atoms with Crippen LogP contribution in [0.5, 0.6) is 17.4 Å². The molecule has 0 amide bonds. The molecule has 0 aliphatic carbocycles. The Morgan fingerprint density at radius 2 is 1.91 bits per heavy atom. The number of aromatic carboxylic acids is 1. The number of aromatic nitrogens is 2. The predicted molar refractivity (Wildman–Crippen MR) is 133 cm³/mol. The molecule has 0 spiro atoms. The molecular weight excluding hydrogens is 446 g/mol. The van der Waals surface area contributed by atoms with Crippen LogP contribution in [0.2, 0.25) is 0 Å². The molecule has 0 saturated carbocycles. The third-order valence-corrected chi connectivity index (χ3v) is 5.59. The summed E-state index contributed by atoms with van der Waals surface area (Å²) >= 11 is 0. The predicted octanol–water partition coefficient (Wildman–Crippen LogP) is 4.40. The molecule has 2 heterocycles. The molecule has 8 nitrogen and oxygen atoms in total. The van der Waals surface area contributed by atoms with Gasteiger partial charge < -0.3 is 30.0 Å². The summed E-state index contributed by atoms with van der Waals surface area (Å²) in [6.45, 7) is 4.71. The first-order valence-electron chi connectivity index (χ1n) is 11.4. The standard InChI is InChI=1S/C27H29N3O5/c1-27(2,30-16-19(31)17-34-24-7-3-6-23-21(24)12-14-28-23)15-18-8-10-20(11-9-18)35-25-22(26(32)33)5-4-13-29-25/h3-14,19,28,30-31H,15-17H2,1-2H3,(H,32,33). The summed E-state index contributed by atoms with van der Waals surface area (Å²) in [5.74, 6) is 0.210. The quantitative estimate of drug-likeness (QED) is 0.254. The summed E-state index contributed by atoms with van der Waals surface area (Å²) < 4.78 is 11.5. The monoisotopic (exact) mass is 475 g/mol. The van der Waals surface area contributed by atoms with E-state index in [4.69, 9.17) is 9.47 Å². The number of nitrogens with one attached hydrogen (secondary N) is 2. The van der Waals surface area contributed by atoms with Gasteiger partial charge >= 0.3 is 5.97 Å². The number of ether oxygens (including phenoxy) is 2. The average Bonchev–Trinajstić information content (AvgIpc) is 3.32. The summed E-state index contributed by atoms with van der Waals surface area (Å²) in [6.07, 6.45) is 3.40. The SMILES string of the molecule is CC(C)(Cc1ccc(Oc2ncccc2C(=O)O)cc1)NCC(O)COc1cccc2[nH]ccc12. The van der Waals surface area contributed by atoms with E-state index in [9.17, 15) is 15.0 Å². The molecule has 0 aliphatic heterocycles. The number of benzene rings is 2. The van der Waals surface area contributed by atoms with Crippen LogP contribution in [0.15, 0.2) is 73.1 Å². The number of aliphatic hydroxyl groups excluding tert-OH is 1. The molecule has 0 saturated heterocycles. The minimum atomic E-state index is -1.09. The normalized spacial score (nSPS) is 12.4. The lowest BCUT2D eigenvalue weighted by molar-refractivity contribution is 0.0693. The molecular formula is C27H29N3O5. The molecule has 0 fully saturated rings. The van der Waals surface area contributed by atoms with E-state index in [1.54, 1.807) is 18.2 Å². The molecule has 0 aliphatic rings. The lowest BCUT2D eigenvalue weighted by Crippen LogP contribution is -2.46. The van der Waals surface area contributed by atoms with E-state index in [0.29, 0.717) is 18.7 Å². The zero-order valence-corrected chi connectivity index (χ0v) is 19.7. The highest BCUT2D eigenvalue weighted by Crippen LogP contribution is 2.25. The van der Waals surface area contributed by atoms with E-state index in [1.807, 2.05) is 42.6 Å². The third-order valence-electron chi connectivity index (χ3n) is 5.59. The fraction of sp³-hybridized carbons (Fsp3) is 0.259. The molecule has 0 bridgehead atoms. The van der Waals surface area contributed by atoms with Crippen molar-refractivity contribution < 1.29 is 24.5 Å². The molecule has 1 unspecified atom stereocenters. The molecule has 4 aromatic rings. The van der Waals surface area contributed by atoms with E-state index in [2.05, 4.69) is 29.1 Å². The summed E-state index contributed by atoms with van der Waals surface area (Å²) in [5.41, 5.74) is 1.80. The first kappa shape index (κ1) is 24.3. The summed E-state index contributed by atoms with van der Waals surface area (Å²) in [6, 6.07) is 18.2. The van der Waals surface area contributed by atoms with Crippen molar-refractivity contribution in [2.75, 3.05) is 13.2 Å². The Balaban J connectivity index is 1.28. The number of rotatable bonds is 11. The van der Waals surface area contributed by atoms with E-state index in [-0.39, 0.29) is 23.6 Å². The van der Waals surface area contributed by atoms with Gasteiger partial charge in [-0.2, -0.15) is 0 Å². The molecule has 8 heteroatoms. The lowest BCUT2D eigenvalue weighted by Gasteiger charge is -2.28. The number of carboxylic acids is 1. The molecule has 4 rings (SSSR count). The van der Waals surface area contributed by atoms with Crippen LogP contribution < -0.4 is 14.8 Å². The molecule has 0 radical (unpaired) electrons. The molecule has 4 N–H and O–H groups in total. The summed E-state index contributed by atoms with van der Waals surface area (Å²) in [4.78, 5) is 18.5. The topological polar surface area (TPSA) is 117 Å². The Hall–Kier alpha value is -3.88. The second kappa shape index (κ2) is 10.6. The lowest BCUT2D eigenvalue weighted by atomic mass is 9.94. The largest absolute Gasteiger partial charge is 0.490 e. The van der Waals surface area contributed by atoms with Gasteiger partial charge in [-0.1, -0.05) is 18.2 Å². The first-order chi connectivity index (χ1) is 16.8. The number of aliphatic hydroxyl groups is 1. The number of hydrogen-bond donors (Lipinski definition) is 4. The summed E-state index contributed by atoms with van der Waals surface area (Å²) in [5, 5.41) is 24.1. The first-order valence-corrected chi connectivity index (χ1v) is 11.4. The van der Waals surface area contributed by atoms with Gasteiger partial charge in [-0.05, 0) is 68.3 Å². The van der Waals surface area contributed by atoms with E-state index in [1.165, 1.54) is 12.3 Å². The van der Waals surface area contributed by atoms with Crippen LogP contribution in [-0.2, 0) is 6.42 Å². The maximum absolute atomic E-state index is 11.3. The highest BCUT2D eigenvalue weighted by atomic mass is 16.5. The van der Waals surface area contributed by atoms with Gasteiger partial charge in [0, 0.05) is 35.4 Å². The van der Waals surface area contributed by atoms with Crippen LogP contribution in [0.3, 0.4) is 0 Å². The molecule has 2 aromatic carbocycles. The van der Waals surface area contributed by atoms with Crippen molar-refractivity contribution >= 4 is 16.9 Å². The maximum Gasteiger partial charge on any atom is 0.341 e. The van der Waals surface area contributed by atoms with Gasteiger partial charge in [-0.15, -0.1) is 0 Å².